The first-order chi connectivity index (χ1) is 15.4. The van der Waals surface area contributed by atoms with Gasteiger partial charge in [0.05, 0.1) is 17.8 Å². The van der Waals surface area contributed by atoms with Crippen LogP contribution in [0, 0.1) is 0 Å². The van der Waals surface area contributed by atoms with Crippen LogP contribution in [-0.4, -0.2) is 38.9 Å². The molecule has 0 unspecified atom stereocenters. The molecule has 0 saturated heterocycles. The van der Waals surface area contributed by atoms with Crippen molar-refractivity contribution in [1.29, 1.82) is 0 Å². The molecule has 0 radical (unpaired) electrons. The summed E-state index contributed by atoms with van der Waals surface area (Å²) in [6.07, 6.45) is 7.15. The second kappa shape index (κ2) is 7.44. The summed E-state index contributed by atoms with van der Waals surface area (Å²) in [6, 6.07) is 13.7. The zero-order chi connectivity index (χ0) is 22.5. The fourth-order valence-electron chi connectivity index (χ4n) is 4.47. The van der Waals surface area contributed by atoms with E-state index in [1.54, 1.807) is 25.5 Å². The third-order valence-electron chi connectivity index (χ3n) is 6.51. The van der Waals surface area contributed by atoms with Crippen LogP contribution >= 0.6 is 0 Å². The van der Waals surface area contributed by atoms with Gasteiger partial charge in [-0.3, -0.25) is 19.7 Å². The fourth-order valence-corrected chi connectivity index (χ4v) is 4.47. The highest BCUT2D eigenvalue weighted by Crippen LogP contribution is 2.45. The number of pyridine rings is 2. The van der Waals surface area contributed by atoms with Crippen molar-refractivity contribution in [3.8, 4) is 17.0 Å². The summed E-state index contributed by atoms with van der Waals surface area (Å²) < 4.78 is 0. The number of carbonyl (C=O) groups excluding carboxylic acids is 1. The summed E-state index contributed by atoms with van der Waals surface area (Å²) in [5.74, 6) is 0.252. The monoisotopic (exact) mass is 427 g/mol. The summed E-state index contributed by atoms with van der Waals surface area (Å²) in [7, 11) is 1.66. The van der Waals surface area contributed by atoms with Crippen molar-refractivity contribution in [1.82, 2.24) is 14.9 Å². The molecule has 32 heavy (non-hydrogen) atoms. The molecule has 7 nitrogen and oxygen atoms in total. The predicted molar refractivity (Wildman–Crippen MR) is 122 cm³/mol. The Kier molecular flexibility index (Phi) is 4.69. The number of nitrogens with zero attached hydrogens (tertiary/aromatic N) is 4. The van der Waals surface area contributed by atoms with Crippen molar-refractivity contribution in [2.75, 3.05) is 7.05 Å². The number of hydrogen-bond donors (Lipinski definition) is 2. The molecule has 1 saturated carbocycles. The molecule has 5 rings (SSSR count). The van der Waals surface area contributed by atoms with Gasteiger partial charge in [0.15, 0.2) is 5.96 Å². The number of rotatable bonds is 4. The Morgan fingerprint density at radius 2 is 1.81 bits per heavy atom. The lowest BCUT2D eigenvalue weighted by atomic mass is 9.74. The number of amides is 1. The van der Waals surface area contributed by atoms with E-state index in [-0.39, 0.29) is 17.6 Å². The minimum atomic E-state index is -0.920. The van der Waals surface area contributed by atoms with E-state index in [1.807, 2.05) is 31.2 Å². The minimum Gasteiger partial charge on any atom is -0.506 e. The maximum absolute atomic E-state index is 13.5. The first-order valence-corrected chi connectivity index (χ1v) is 10.7. The molecule has 3 aromatic rings. The largest absolute Gasteiger partial charge is 0.506 e. The molecule has 3 heterocycles. The van der Waals surface area contributed by atoms with E-state index in [0.717, 1.165) is 11.1 Å². The third kappa shape index (κ3) is 3.39. The second-order valence-corrected chi connectivity index (χ2v) is 8.75. The number of hydrogen-bond acceptors (Lipinski definition) is 6. The number of nitrogens with two attached hydrogens (primary N) is 1. The quantitative estimate of drug-likeness (QED) is 0.663. The first-order valence-electron chi connectivity index (χ1n) is 10.7. The second-order valence-electron chi connectivity index (χ2n) is 8.75. The lowest BCUT2D eigenvalue weighted by Crippen LogP contribution is -2.52. The molecule has 2 aliphatic rings. The van der Waals surface area contributed by atoms with E-state index < -0.39 is 11.5 Å². The SMILES string of the molecule is CN1C(=O)[C@@H](c2ccc(C3CC3)cc2)[C@@](C)(c2ccnc(-c3cncc(O)c3)c2)N=C1N. The highest BCUT2D eigenvalue weighted by atomic mass is 16.3. The Bertz CT molecular complexity index is 1220. The molecule has 7 heteroatoms. The van der Waals surface area contributed by atoms with E-state index in [4.69, 9.17) is 10.7 Å². The van der Waals surface area contributed by atoms with Gasteiger partial charge in [0.2, 0.25) is 5.91 Å². The van der Waals surface area contributed by atoms with Crippen LogP contribution < -0.4 is 5.73 Å². The molecular weight excluding hydrogens is 402 g/mol. The lowest BCUT2D eigenvalue weighted by molar-refractivity contribution is -0.130. The zero-order valence-corrected chi connectivity index (χ0v) is 18.1. The molecule has 1 fully saturated rings. The number of likely N-dealkylation sites (N-methyl/N-ethyl adjacent to an activating group) is 1. The predicted octanol–water partition coefficient (Wildman–Crippen LogP) is 3.51. The van der Waals surface area contributed by atoms with Gasteiger partial charge in [-0.05, 0) is 60.6 Å². The molecule has 2 atom stereocenters. The van der Waals surface area contributed by atoms with Crippen LogP contribution in [0.15, 0.2) is 66.0 Å². The van der Waals surface area contributed by atoms with Crippen molar-refractivity contribution < 1.29 is 9.90 Å². The van der Waals surface area contributed by atoms with Crippen LogP contribution in [0.1, 0.15) is 48.3 Å². The van der Waals surface area contributed by atoms with E-state index in [1.165, 1.54) is 29.5 Å². The average molecular weight is 428 g/mol. The molecule has 0 spiro atoms. The highest BCUT2D eigenvalue weighted by Gasteiger charge is 2.47. The van der Waals surface area contributed by atoms with E-state index in [9.17, 15) is 9.90 Å². The van der Waals surface area contributed by atoms with Crippen molar-refractivity contribution in [3.63, 3.8) is 0 Å². The van der Waals surface area contributed by atoms with Crippen molar-refractivity contribution in [3.05, 3.63) is 77.7 Å². The molecule has 2 aromatic heterocycles. The molecule has 0 bridgehead atoms. The molecule has 3 N–H and O–H groups in total. The zero-order valence-electron chi connectivity index (χ0n) is 18.1. The molecule has 1 aliphatic heterocycles. The van der Waals surface area contributed by atoms with Gasteiger partial charge in [0, 0.05) is 25.0 Å². The molecule has 1 aromatic carbocycles. The Hall–Kier alpha value is -3.74. The van der Waals surface area contributed by atoms with Gasteiger partial charge in [-0.25, -0.2) is 4.99 Å². The van der Waals surface area contributed by atoms with Crippen molar-refractivity contribution in [2.24, 2.45) is 10.7 Å². The van der Waals surface area contributed by atoms with Crippen LogP contribution in [0.25, 0.3) is 11.3 Å². The van der Waals surface area contributed by atoms with Gasteiger partial charge in [0.25, 0.3) is 0 Å². The normalized spacial score (nSPS) is 23.2. The number of aromatic nitrogens is 2. The van der Waals surface area contributed by atoms with Gasteiger partial charge < -0.3 is 10.8 Å². The standard InChI is InChI=1S/C25H25N5O2/c1-25(19-9-10-28-21(12-19)18-11-20(31)14-27-13-18)22(23(32)30(2)24(26)29-25)17-7-5-16(6-8-17)15-3-4-15/h5-15,22,31H,3-4H2,1-2H3,(H2,26,29)/t22-,25-/m1/s1. The number of aromatic hydroxyl groups is 1. The van der Waals surface area contributed by atoms with Crippen LogP contribution in [0.4, 0.5) is 0 Å². The Labute approximate surface area is 186 Å². The fraction of sp³-hybridized carbons (Fsp3) is 0.280. The maximum atomic E-state index is 13.5. The van der Waals surface area contributed by atoms with E-state index >= 15 is 0 Å². The van der Waals surface area contributed by atoms with Gasteiger partial charge in [-0.2, -0.15) is 0 Å². The van der Waals surface area contributed by atoms with Gasteiger partial charge in [-0.15, -0.1) is 0 Å². The Morgan fingerprint density at radius 3 is 2.50 bits per heavy atom. The van der Waals surface area contributed by atoms with Gasteiger partial charge in [-0.1, -0.05) is 24.3 Å². The third-order valence-corrected chi connectivity index (χ3v) is 6.51. The van der Waals surface area contributed by atoms with Crippen LogP contribution in [0.3, 0.4) is 0 Å². The summed E-state index contributed by atoms with van der Waals surface area (Å²) in [4.78, 5) is 28.2. The topological polar surface area (TPSA) is 105 Å². The molecular formula is C25H25N5O2. The summed E-state index contributed by atoms with van der Waals surface area (Å²) >= 11 is 0. The van der Waals surface area contributed by atoms with Crippen LogP contribution in [0.2, 0.25) is 0 Å². The Morgan fingerprint density at radius 1 is 1.09 bits per heavy atom. The number of guanidine groups is 1. The van der Waals surface area contributed by atoms with E-state index in [2.05, 4.69) is 22.1 Å². The van der Waals surface area contributed by atoms with Crippen LogP contribution in [0.5, 0.6) is 5.75 Å². The first kappa shape index (κ1) is 20.2. The minimum absolute atomic E-state index is 0.0614. The van der Waals surface area contributed by atoms with Crippen molar-refractivity contribution >= 4 is 11.9 Å². The maximum Gasteiger partial charge on any atom is 0.239 e. The summed E-state index contributed by atoms with van der Waals surface area (Å²) in [5, 5.41) is 9.82. The number of aliphatic imine (C=N–C) groups is 1. The lowest BCUT2D eigenvalue weighted by Gasteiger charge is -2.41. The van der Waals surface area contributed by atoms with E-state index in [0.29, 0.717) is 17.2 Å². The molecule has 1 aliphatic carbocycles. The average Bonchev–Trinajstić information content (AvgIpc) is 3.64. The van der Waals surface area contributed by atoms with Gasteiger partial charge in [0.1, 0.15) is 11.3 Å². The van der Waals surface area contributed by atoms with Crippen molar-refractivity contribution in [2.45, 2.75) is 37.1 Å². The molecule has 162 valence electrons. The number of benzene rings is 1. The summed E-state index contributed by atoms with van der Waals surface area (Å²) in [6.45, 7) is 1.93. The van der Waals surface area contributed by atoms with Crippen LogP contribution in [-0.2, 0) is 10.3 Å². The summed E-state index contributed by atoms with van der Waals surface area (Å²) in [5.41, 5.74) is 9.59. The molecule has 1 amide bonds. The Balaban J connectivity index is 1.62. The smallest absolute Gasteiger partial charge is 0.239 e. The van der Waals surface area contributed by atoms with Gasteiger partial charge >= 0.3 is 0 Å². The number of carbonyl (C=O) groups is 1. The highest BCUT2D eigenvalue weighted by molar-refractivity contribution is 6.02.